The van der Waals surface area contributed by atoms with E-state index >= 15 is 0 Å². The van der Waals surface area contributed by atoms with E-state index in [0.717, 1.165) is 10.9 Å². The van der Waals surface area contributed by atoms with E-state index in [-0.39, 0.29) is 11.1 Å². The Morgan fingerprint density at radius 2 is 2.06 bits per heavy atom. The highest BCUT2D eigenvalue weighted by atomic mass is 35.5. The first kappa shape index (κ1) is 10.9. The molecule has 82 valence electrons. The number of carbonyl (C=O) groups is 1. The largest absolute Gasteiger partial charge is 0.311 e. The molecule has 0 aliphatic heterocycles. The molecule has 2 rings (SSSR count). The van der Waals surface area contributed by atoms with Gasteiger partial charge in [0.1, 0.15) is 0 Å². The smallest absolute Gasteiger partial charge is 0.261 e. The standard InChI is InChI=1S/C12H10ClNO2/c1-7-9-4-3-8(13)5-11(9)14(2)12(16)10(7)6-15/h3-6H,1-2H3. The summed E-state index contributed by atoms with van der Waals surface area (Å²) in [5.41, 5.74) is 1.35. The summed E-state index contributed by atoms with van der Waals surface area (Å²) in [6, 6.07) is 5.29. The van der Waals surface area contributed by atoms with Crippen LogP contribution < -0.4 is 5.56 Å². The number of hydrogen-bond acceptors (Lipinski definition) is 2. The molecule has 0 N–H and O–H groups in total. The summed E-state index contributed by atoms with van der Waals surface area (Å²) in [6.07, 6.45) is 0.603. The summed E-state index contributed by atoms with van der Waals surface area (Å²) < 4.78 is 1.44. The third-order valence-corrected chi connectivity index (χ3v) is 3.02. The highest BCUT2D eigenvalue weighted by Gasteiger charge is 2.11. The van der Waals surface area contributed by atoms with Gasteiger partial charge in [-0.1, -0.05) is 17.7 Å². The van der Waals surface area contributed by atoms with Gasteiger partial charge in [-0.05, 0) is 24.6 Å². The van der Waals surface area contributed by atoms with Crippen molar-refractivity contribution < 1.29 is 4.79 Å². The molecule has 4 heteroatoms. The fourth-order valence-corrected chi connectivity index (χ4v) is 2.00. The molecule has 0 spiro atoms. The van der Waals surface area contributed by atoms with Crippen LogP contribution in [0.3, 0.4) is 0 Å². The second kappa shape index (κ2) is 3.76. The van der Waals surface area contributed by atoms with Crippen molar-refractivity contribution in [1.82, 2.24) is 4.57 Å². The fourth-order valence-electron chi connectivity index (χ4n) is 1.83. The minimum Gasteiger partial charge on any atom is -0.311 e. The van der Waals surface area contributed by atoms with Crippen LogP contribution in [0.5, 0.6) is 0 Å². The van der Waals surface area contributed by atoms with E-state index in [9.17, 15) is 9.59 Å². The predicted octanol–water partition coefficient (Wildman–Crippen LogP) is 2.31. The Bertz CT molecular complexity index is 643. The van der Waals surface area contributed by atoms with E-state index in [1.165, 1.54) is 4.57 Å². The molecule has 2 aromatic rings. The summed E-state index contributed by atoms with van der Waals surface area (Å²) in [4.78, 5) is 22.7. The second-order valence-corrected chi connectivity index (χ2v) is 4.12. The summed E-state index contributed by atoms with van der Waals surface area (Å²) >= 11 is 5.88. The van der Waals surface area contributed by atoms with Crippen LogP contribution in [0.2, 0.25) is 5.02 Å². The zero-order chi connectivity index (χ0) is 11.9. The van der Waals surface area contributed by atoms with Crippen molar-refractivity contribution in [3.63, 3.8) is 0 Å². The van der Waals surface area contributed by atoms with Gasteiger partial charge in [-0.15, -0.1) is 0 Å². The van der Waals surface area contributed by atoms with Crippen molar-refractivity contribution >= 4 is 28.8 Å². The lowest BCUT2D eigenvalue weighted by atomic mass is 10.1. The zero-order valence-corrected chi connectivity index (χ0v) is 9.71. The molecule has 0 radical (unpaired) electrons. The van der Waals surface area contributed by atoms with Crippen LogP contribution in [-0.4, -0.2) is 10.9 Å². The van der Waals surface area contributed by atoms with Gasteiger partial charge in [0.05, 0.1) is 11.1 Å². The molecule has 1 aromatic carbocycles. The van der Waals surface area contributed by atoms with Gasteiger partial charge >= 0.3 is 0 Å². The molecule has 3 nitrogen and oxygen atoms in total. The number of pyridine rings is 1. The maximum atomic E-state index is 11.8. The second-order valence-electron chi connectivity index (χ2n) is 3.68. The number of rotatable bonds is 1. The Balaban J connectivity index is 3.07. The number of aromatic nitrogens is 1. The highest BCUT2D eigenvalue weighted by molar-refractivity contribution is 6.31. The van der Waals surface area contributed by atoms with E-state index in [2.05, 4.69) is 0 Å². The van der Waals surface area contributed by atoms with Gasteiger partial charge < -0.3 is 4.57 Å². The molecule has 0 bridgehead atoms. The van der Waals surface area contributed by atoms with Gasteiger partial charge in [-0.2, -0.15) is 0 Å². The summed E-state index contributed by atoms with van der Waals surface area (Å²) in [5, 5.41) is 1.44. The van der Waals surface area contributed by atoms with Crippen molar-refractivity contribution in [3.8, 4) is 0 Å². The lowest BCUT2D eigenvalue weighted by molar-refractivity contribution is 0.112. The van der Waals surface area contributed by atoms with Crippen LogP contribution in [-0.2, 0) is 7.05 Å². The van der Waals surface area contributed by atoms with Gasteiger partial charge in [0.2, 0.25) is 0 Å². The molecule has 0 atom stereocenters. The Morgan fingerprint density at radius 1 is 1.38 bits per heavy atom. The maximum Gasteiger partial charge on any atom is 0.261 e. The SMILES string of the molecule is Cc1c(C=O)c(=O)n(C)c2cc(Cl)ccc12. The van der Waals surface area contributed by atoms with E-state index in [0.29, 0.717) is 16.9 Å². The van der Waals surface area contributed by atoms with Gasteiger partial charge in [0, 0.05) is 17.5 Å². The first-order chi connectivity index (χ1) is 7.56. The van der Waals surface area contributed by atoms with Gasteiger partial charge in [0.25, 0.3) is 5.56 Å². The van der Waals surface area contributed by atoms with E-state index < -0.39 is 0 Å². The molecule has 0 aliphatic rings. The molecule has 0 fully saturated rings. The molecule has 1 heterocycles. The Morgan fingerprint density at radius 3 is 2.69 bits per heavy atom. The average Bonchev–Trinajstić information content (AvgIpc) is 2.27. The number of nitrogens with zero attached hydrogens (tertiary/aromatic N) is 1. The van der Waals surface area contributed by atoms with Crippen molar-refractivity contribution in [3.05, 3.63) is 44.7 Å². The number of benzene rings is 1. The first-order valence-electron chi connectivity index (χ1n) is 4.80. The number of fused-ring (bicyclic) bond motifs is 1. The molecule has 0 unspecified atom stereocenters. The number of aldehydes is 1. The van der Waals surface area contributed by atoms with Crippen molar-refractivity contribution in [2.24, 2.45) is 7.05 Å². The lowest BCUT2D eigenvalue weighted by Crippen LogP contribution is -2.22. The van der Waals surface area contributed by atoms with Crippen LogP contribution in [0.25, 0.3) is 10.9 Å². The highest BCUT2D eigenvalue weighted by Crippen LogP contribution is 2.21. The van der Waals surface area contributed by atoms with Crippen LogP contribution in [0.4, 0.5) is 0 Å². The third kappa shape index (κ3) is 1.44. The third-order valence-electron chi connectivity index (χ3n) is 2.78. The number of carbonyl (C=O) groups excluding carboxylic acids is 1. The topological polar surface area (TPSA) is 39.1 Å². The molecular weight excluding hydrogens is 226 g/mol. The van der Waals surface area contributed by atoms with E-state index in [1.54, 1.807) is 26.1 Å². The Kier molecular flexibility index (Phi) is 2.56. The molecule has 0 saturated carbocycles. The van der Waals surface area contributed by atoms with Crippen molar-refractivity contribution in [2.45, 2.75) is 6.92 Å². The molecule has 0 saturated heterocycles. The maximum absolute atomic E-state index is 11.8. The van der Waals surface area contributed by atoms with E-state index in [1.807, 2.05) is 6.07 Å². The Labute approximate surface area is 97.3 Å². The van der Waals surface area contributed by atoms with Crippen LogP contribution >= 0.6 is 11.6 Å². The minimum absolute atomic E-state index is 0.206. The first-order valence-corrected chi connectivity index (χ1v) is 5.18. The normalized spacial score (nSPS) is 10.7. The summed E-state index contributed by atoms with van der Waals surface area (Å²) in [7, 11) is 1.63. The number of aryl methyl sites for hydroxylation is 2. The molecule has 16 heavy (non-hydrogen) atoms. The zero-order valence-electron chi connectivity index (χ0n) is 8.95. The predicted molar refractivity (Wildman–Crippen MR) is 64.3 cm³/mol. The molecule has 0 aliphatic carbocycles. The fraction of sp³-hybridized carbons (Fsp3) is 0.167. The lowest BCUT2D eigenvalue weighted by Gasteiger charge is -2.09. The van der Waals surface area contributed by atoms with Gasteiger partial charge in [-0.3, -0.25) is 9.59 Å². The number of halogens is 1. The number of hydrogen-bond donors (Lipinski definition) is 0. The molecule has 0 amide bonds. The van der Waals surface area contributed by atoms with Gasteiger partial charge in [-0.25, -0.2) is 0 Å². The van der Waals surface area contributed by atoms with Crippen LogP contribution in [0.1, 0.15) is 15.9 Å². The monoisotopic (exact) mass is 235 g/mol. The van der Waals surface area contributed by atoms with Crippen molar-refractivity contribution in [1.29, 1.82) is 0 Å². The van der Waals surface area contributed by atoms with E-state index in [4.69, 9.17) is 11.6 Å². The van der Waals surface area contributed by atoms with Crippen LogP contribution in [0.15, 0.2) is 23.0 Å². The quantitative estimate of drug-likeness (QED) is 0.712. The average molecular weight is 236 g/mol. The minimum atomic E-state index is -0.290. The summed E-state index contributed by atoms with van der Waals surface area (Å²) in [5.74, 6) is 0. The summed E-state index contributed by atoms with van der Waals surface area (Å²) in [6.45, 7) is 1.77. The van der Waals surface area contributed by atoms with Crippen molar-refractivity contribution in [2.75, 3.05) is 0 Å². The molecular formula is C12H10ClNO2. The van der Waals surface area contributed by atoms with Gasteiger partial charge in [0.15, 0.2) is 6.29 Å². The Hall–Kier alpha value is -1.61. The molecule has 1 aromatic heterocycles. The van der Waals surface area contributed by atoms with Crippen LogP contribution in [0, 0.1) is 6.92 Å².